The van der Waals surface area contributed by atoms with Gasteiger partial charge in [0.25, 0.3) is 0 Å². The molecule has 15 heavy (non-hydrogen) atoms. The molecule has 0 aliphatic carbocycles. The van der Waals surface area contributed by atoms with Gasteiger partial charge in [-0.05, 0) is 6.07 Å². The highest BCUT2D eigenvalue weighted by Gasteiger charge is 2.15. The molecule has 0 unspecified atom stereocenters. The maximum Gasteiger partial charge on any atom is 0.308 e. The van der Waals surface area contributed by atoms with E-state index >= 15 is 0 Å². The predicted octanol–water partition coefficient (Wildman–Crippen LogP) is 1.74. The third kappa shape index (κ3) is 2.73. The Bertz CT molecular complexity index is 377. The molecule has 0 aromatic heterocycles. The minimum absolute atomic E-state index is 0.0151. The molecule has 0 spiro atoms. The summed E-state index contributed by atoms with van der Waals surface area (Å²) in [7, 11) is 1.37. The van der Waals surface area contributed by atoms with Gasteiger partial charge >= 0.3 is 5.97 Å². The summed E-state index contributed by atoms with van der Waals surface area (Å²) in [5.74, 6) is -2.98. The third-order valence-electron chi connectivity index (χ3n) is 1.89. The first-order chi connectivity index (χ1) is 7.06. The summed E-state index contributed by atoms with van der Waals surface area (Å²) in [5, 5.41) is 8.47. The second kappa shape index (κ2) is 4.84. The first kappa shape index (κ1) is 11.6. The number of carboxylic acids is 1. The molecule has 1 rings (SSSR count). The number of halogens is 2. The van der Waals surface area contributed by atoms with Crippen LogP contribution in [-0.2, 0) is 22.6 Å². The highest BCUT2D eigenvalue weighted by molar-refractivity contribution is 5.70. The largest absolute Gasteiger partial charge is 0.481 e. The number of benzene rings is 1. The van der Waals surface area contributed by atoms with Gasteiger partial charge in [0.15, 0.2) is 0 Å². The van der Waals surface area contributed by atoms with Crippen molar-refractivity contribution in [2.75, 3.05) is 7.11 Å². The topological polar surface area (TPSA) is 46.5 Å². The smallest absolute Gasteiger partial charge is 0.308 e. The molecule has 0 fully saturated rings. The Hall–Kier alpha value is -1.49. The van der Waals surface area contributed by atoms with Crippen molar-refractivity contribution >= 4 is 5.97 Å². The van der Waals surface area contributed by atoms with Crippen LogP contribution in [-0.4, -0.2) is 18.2 Å². The molecule has 0 heterocycles. The summed E-state index contributed by atoms with van der Waals surface area (Å²) in [6.07, 6.45) is -0.671. The van der Waals surface area contributed by atoms with E-state index in [9.17, 15) is 13.6 Å². The zero-order valence-electron chi connectivity index (χ0n) is 8.09. The Balaban J connectivity index is 3.11. The van der Waals surface area contributed by atoms with Crippen LogP contribution in [0.25, 0.3) is 0 Å². The number of hydrogen-bond donors (Lipinski definition) is 1. The lowest BCUT2D eigenvalue weighted by Gasteiger charge is -2.07. The van der Waals surface area contributed by atoms with Gasteiger partial charge in [-0.25, -0.2) is 8.78 Å². The van der Waals surface area contributed by atoms with Gasteiger partial charge in [0.2, 0.25) is 0 Å². The molecular weight excluding hydrogens is 206 g/mol. The van der Waals surface area contributed by atoms with E-state index in [1.807, 2.05) is 0 Å². The van der Waals surface area contributed by atoms with E-state index in [4.69, 9.17) is 9.84 Å². The Labute approximate surface area is 85.3 Å². The molecule has 0 amide bonds. The van der Waals surface area contributed by atoms with Crippen LogP contribution in [0.3, 0.4) is 0 Å². The average molecular weight is 216 g/mol. The summed E-state index contributed by atoms with van der Waals surface area (Å²) in [6.45, 7) is -0.0151. The van der Waals surface area contributed by atoms with Gasteiger partial charge in [0.1, 0.15) is 11.6 Å². The number of carboxylic acid groups (broad SMARTS) is 1. The molecule has 0 aliphatic rings. The van der Waals surface area contributed by atoms with Crippen molar-refractivity contribution in [1.29, 1.82) is 0 Å². The van der Waals surface area contributed by atoms with Crippen molar-refractivity contribution in [3.8, 4) is 0 Å². The van der Waals surface area contributed by atoms with E-state index in [-0.39, 0.29) is 12.2 Å². The molecule has 0 atom stereocenters. The van der Waals surface area contributed by atoms with Crippen LogP contribution in [0.5, 0.6) is 0 Å². The van der Waals surface area contributed by atoms with Crippen molar-refractivity contribution in [1.82, 2.24) is 0 Å². The lowest BCUT2D eigenvalue weighted by molar-refractivity contribution is -0.136. The first-order valence-electron chi connectivity index (χ1n) is 4.22. The van der Waals surface area contributed by atoms with E-state index in [2.05, 4.69) is 0 Å². The second-order valence-electron chi connectivity index (χ2n) is 3.00. The molecule has 3 nitrogen and oxygen atoms in total. The van der Waals surface area contributed by atoms with Crippen LogP contribution in [0.1, 0.15) is 11.1 Å². The lowest BCUT2D eigenvalue weighted by Crippen LogP contribution is -2.07. The van der Waals surface area contributed by atoms with E-state index in [1.165, 1.54) is 13.2 Å². The van der Waals surface area contributed by atoms with Gasteiger partial charge in [0.05, 0.1) is 13.0 Å². The quantitative estimate of drug-likeness (QED) is 0.833. The van der Waals surface area contributed by atoms with E-state index in [0.717, 1.165) is 6.07 Å². The molecule has 5 heteroatoms. The molecule has 1 N–H and O–H groups in total. The Morgan fingerprint density at radius 2 is 2.13 bits per heavy atom. The highest BCUT2D eigenvalue weighted by Crippen LogP contribution is 2.18. The highest BCUT2D eigenvalue weighted by atomic mass is 19.1. The second-order valence-corrected chi connectivity index (χ2v) is 3.00. The fourth-order valence-corrected chi connectivity index (χ4v) is 1.23. The zero-order valence-corrected chi connectivity index (χ0v) is 8.09. The van der Waals surface area contributed by atoms with Crippen molar-refractivity contribution in [2.45, 2.75) is 13.0 Å². The summed E-state index contributed by atoms with van der Waals surface area (Å²) in [6, 6.07) is 2.27. The summed E-state index contributed by atoms with van der Waals surface area (Å²) >= 11 is 0. The predicted molar refractivity (Wildman–Crippen MR) is 48.4 cm³/mol. The lowest BCUT2D eigenvalue weighted by atomic mass is 10.1. The van der Waals surface area contributed by atoms with Crippen molar-refractivity contribution in [3.63, 3.8) is 0 Å². The van der Waals surface area contributed by atoms with Gasteiger partial charge in [0, 0.05) is 18.2 Å². The fraction of sp³-hybridized carbons (Fsp3) is 0.300. The molecule has 0 aliphatic heterocycles. The summed E-state index contributed by atoms with van der Waals surface area (Å²) in [5.41, 5.74) is -0.285. The standard InChI is InChI=1S/C10H10F2O3/c1-15-5-6-2-3-8(11)7(10(6)12)4-9(13)14/h2-3H,4-5H2,1H3,(H,13,14). The van der Waals surface area contributed by atoms with Crippen LogP contribution in [0.15, 0.2) is 12.1 Å². The van der Waals surface area contributed by atoms with Crippen LogP contribution in [0, 0.1) is 11.6 Å². The third-order valence-corrected chi connectivity index (χ3v) is 1.89. The van der Waals surface area contributed by atoms with Gasteiger partial charge < -0.3 is 9.84 Å². The van der Waals surface area contributed by atoms with Crippen LogP contribution < -0.4 is 0 Å². The molecular formula is C10H10F2O3. The number of aliphatic carboxylic acids is 1. The Morgan fingerprint density at radius 1 is 1.47 bits per heavy atom. The number of rotatable bonds is 4. The number of hydrogen-bond acceptors (Lipinski definition) is 2. The number of carbonyl (C=O) groups is 1. The average Bonchev–Trinajstić information content (AvgIpc) is 2.17. The molecule has 1 aromatic carbocycles. The maximum absolute atomic E-state index is 13.5. The van der Waals surface area contributed by atoms with Crippen LogP contribution >= 0.6 is 0 Å². The monoisotopic (exact) mass is 216 g/mol. The SMILES string of the molecule is COCc1ccc(F)c(CC(=O)O)c1F. The molecule has 0 bridgehead atoms. The molecule has 0 saturated carbocycles. The Morgan fingerprint density at radius 3 is 2.67 bits per heavy atom. The minimum Gasteiger partial charge on any atom is -0.481 e. The Kier molecular flexibility index (Phi) is 3.74. The van der Waals surface area contributed by atoms with Crippen LogP contribution in [0.2, 0.25) is 0 Å². The van der Waals surface area contributed by atoms with Gasteiger partial charge in [-0.2, -0.15) is 0 Å². The van der Waals surface area contributed by atoms with Gasteiger partial charge in [-0.1, -0.05) is 6.07 Å². The zero-order chi connectivity index (χ0) is 11.4. The van der Waals surface area contributed by atoms with E-state index in [0.29, 0.717) is 0 Å². The maximum atomic E-state index is 13.5. The molecule has 0 saturated heterocycles. The molecule has 0 radical (unpaired) electrons. The normalized spacial score (nSPS) is 10.3. The molecule has 82 valence electrons. The van der Waals surface area contributed by atoms with E-state index < -0.39 is 29.6 Å². The van der Waals surface area contributed by atoms with E-state index in [1.54, 1.807) is 0 Å². The summed E-state index contributed by atoms with van der Waals surface area (Å²) in [4.78, 5) is 10.4. The van der Waals surface area contributed by atoms with Gasteiger partial charge in [-0.15, -0.1) is 0 Å². The van der Waals surface area contributed by atoms with Crippen LogP contribution in [0.4, 0.5) is 8.78 Å². The fourth-order valence-electron chi connectivity index (χ4n) is 1.23. The van der Waals surface area contributed by atoms with Crippen molar-refractivity contribution in [3.05, 3.63) is 34.9 Å². The van der Waals surface area contributed by atoms with Gasteiger partial charge in [-0.3, -0.25) is 4.79 Å². The summed E-state index contributed by atoms with van der Waals surface area (Å²) < 4.78 is 31.3. The number of methoxy groups -OCH3 is 1. The first-order valence-corrected chi connectivity index (χ1v) is 4.22. The molecule has 1 aromatic rings. The minimum atomic E-state index is -1.28. The van der Waals surface area contributed by atoms with Crippen molar-refractivity contribution < 1.29 is 23.4 Å². The van der Waals surface area contributed by atoms with Crippen molar-refractivity contribution in [2.24, 2.45) is 0 Å². The number of ether oxygens (including phenoxy) is 1.